The predicted molar refractivity (Wildman–Crippen MR) is 116 cm³/mol. The highest BCUT2D eigenvalue weighted by Gasteiger charge is 2.26. The summed E-state index contributed by atoms with van der Waals surface area (Å²) in [6.07, 6.45) is 0. The molecule has 0 unspecified atom stereocenters. The third-order valence-corrected chi connectivity index (χ3v) is 5.39. The maximum absolute atomic E-state index is 13.1. The lowest BCUT2D eigenvalue weighted by Crippen LogP contribution is -2.49. The molecule has 0 bridgehead atoms. The number of piperazine rings is 1. The van der Waals surface area contributed by atoms with E-state index in [2.05, 4.69) is 20.2 Å². The standard InChI is InChI=1S/C22H26N6O3/c1-15-14-16(2)28(25-15)20-9-8-19(23-24-20)26-10-12-27(13-11-26)22(29)17-6-5-7-18(30-3)21(17)31-4/h5-9,14H,10-13H2,1-4H3. The number of para-hydroxylation sites is 1. The molecule has 0 saturated carbocycles. The largest absolute Gasteiger partial charge is 0.493 e. The highest BCUT2D eigenvalue weighted by atomic mass is 16.5. The molecule has 162 valence electrons. The van der Waals surface area contributed by atoms with E-state index < -0.39 is 0 Å². The summed E-state index contributed by atoms with van der Waals surface area (Å²) in [6, 6.07) is 11.2. The average molecular weight is 422 g/mol. The molecule has 1 aromatic carbocycles. The fraction of sp³-hybridized carbons (Fsp3) is 0.364. The van der Waals surface area contributed by atoms with Crippen molar-refractivity contribution in [3.05, 3.63) is 53.3 Å². The van der Waals surface area contributed by atoms with E-state index in [1.54, 1.807) is 37.1 Å². The minimum atomic E-state index is -0.0682. The number of carbonyl (C=O) groups excluding carboxylic acids is 1. The number of aromatic nitrogens is 4. The van der Waals surface area contributed by atoms with Crippen LogP contribution in [0.3, 0.4) is 0 Å². The zero-order chi connectivity index (χ0) is 22.0. The number of hydrogen-bond donors (Lipinski definition) is 0. The van der Waals surface area contributed by atoms with Gasteiger partial charge in [0.1, 0.15) is 0 Å². The molecule has 0 spiro atoms. The number of benzene rings is 1. The zero-order valence-electron chi connectivity index (χ0n) is 18.2. The molecule has 2 aromatic heterocycles. The van der Waals surface area contributed by atoms with Gasteiger partial charge in [-0.05, 0) is 44.2 Å². The summed E-state index contributed by atoms with van der Waals surface area (Å²) in [5.41, 5.74) is 2.46. The summed E-state index contributed by atoms with van der Waals surface area (Å²) in [7, 11) is 3.10. The lowest BCUT2D eigenvalue weighted by atomic mass is 10.1. The molecule has 31 heavy (non-hydrogen) atoms. The maximum Gasteiger partial charge on any atom is 0.257 e. The Morgan fingerprint density at radius 3 is 2.23 bits per heavy atom. The Bertz CT molecular complexity index is 1070. The minimum absolute atomic E-state index is 0.0682. The van der Waals surface area contributed by atoms with Gasteiger partial charge in [0.2, 0.25) is 0 Å². The van der Waals surface area contributed by atoms with E-state index in [1.165, 1.54) is 0 Å². The van der Waals surface area contributed by atoms with Gasteiger partial charge in [-0.2, -0.15) is 5.10 Å². The van der Waals surface area contributed by atoms with Gasteiger partial charge < -0.3 is 19.3 Å². The Balaban J connectivity index is 1.43. The topological polar surface area (TPSA) is 85.6 Å². The number of anilines is 1. The van der Waals surface area contributed by atoms with Crippen molar-refractivity contribution in [3.63, 3.8) is 0 Å². The van der Waals surface area contributed by atoms with Crippen LogP contribution in [0.15, 0.2) is 36.4 Å². The van der Waals surface area contributed by atoms with Crippen LogP contribution in [-0.2, 0) is 0 Å². The number of carbonyl (C=O) groups is 1. The third kappa shape index (κ3) is 4.03. The first-order valence-electron chi connectivity index (χ1n) is 10.1. The van der Waals surface area contributed by atoms with Crippen LogP contribution in [0.1, 0.15) is 21.7 Å². The Labute approximate surface area is 181 Å². The molecular weight excluding hydrogens is 396 g/mol. The first-order chi connectivity index (χ1) is 15.0. The first kappa shape index (κ1) is 20.6. The second-order valence-corrected chi connectivity index (χ2v) is 7.41. The summed E-state index contributed by atoms with van der Waals surface area (Å²) < 4.78 is 12.5. The molecule has 0 N–H and O–H groups in total. The molecule has 0 radical (unpaired) electrons. The van der Waals surface area contributed by atoms with Gasteiger partial charge in [0.15, 0.2) is 23.1 Å². The molecule has 0 atom stereocenters. The van der Waals surface area contributed by atoms with E-state index in [1.807, 2.05) is 36.9 Å². The maximum atomic E-state index is 13.1. The summed E-state index contributed by atoms with van der Waals surface area (Å²) in [5.74, 6) is 2.42. The number of aryl methyl sites for hydroxylation is 2. The van der Waals surface area contributed by atoms with Gasteiger partial charge in [-0.3, -0.25) is 4.79 Å². The molecule has 0 aliphatic carbocycles. The summed E-state index contributed by atoms with van der Waals surface area (Å²) >= 11 is 0. The van der Waals surface area contributed by atoms with Crippen molar-refractivity contribution in [3.8, 4) is 17.3 Å². The average Bonchev–Trinajstić information content (AvgIpc) is 3.15. The van der Waals surface area contributed by atoms with E-state index in [0.717, 1.165) is 17.2 Å². The van der Waals surface area contributed by atoms with Crippen molar-refractivity contribution in [1.82, 2.24) is 24.9 Å². The van der Waals surface area contributed by atoms with Gasteiger partial charge in [0.25, 0.3) is 5.91 Å². The number of nitrogens with zero attached hydrogens (tertiary/aromatic N) is 6. The molecule has 3 heterocycles. The molecular formula is C22H26N6O3. The van der Waals surface area contributed by atoms with Gasteiger partial charge in [0, 0.05) is 31.9 Å². The predicted octanol–water partition coefficient (Wildman–Crippen LogP) is 2.26. The van der Waals surface area contributed by atoms with Crippen molar-refractivity contribution in [1.29, 1.82) is 0 Å². The molecule has 1 fully saturated rings. The van der Waals surface area contributed by atoms with Crippen LogP contribution >= 0.6 is 0 Å². The Kier molecular flexibility index (Phi) is 5.75. The van der Waals surface area contributed by atoms with Crippen LogP contribution in [0.2, 0.25) is 0 Å². The van der Waals surface area contributed by atoms with Crippen LogP contribution in [0.25, 0.3) is 5.82 Å². The Hall–Kier alpha value is -3.62. The number of amides is 1. The van der Waals surface area contributed by atoms with E-state index in [0.29, 0.717) is 49.1 Å². The SMILES string of the molecule is COc1cccc(C(=O)N2CCN(c3ccc(-n4nc(C)cc4C)nn3)CC2)c1OC. The minimum Gasteiger partial charge on any atom is -0.493 e. The molecule has 9 heteroatoms. The molecule has 9 nitrogen and oxygen atoms in total. The van der Waals surface area contributed by atoms with Crippen molar-refractivity contribution < 1.29 is 14.3 Å². The molecule has 1 aliphatic rings. The van der Waals surface area contributed by atoms with Crippen molar-refractivity contribution in [2.45, 2.75) is 13.8 Å². The van der Waals surface area contributed by atoms with Crippen molar-refractivity contribution in [2.24, 2.45) is 0 Å². The lowest BCUT2D eigenvalue weighted by molar-refractivity contribution is 0.0742. The zero-order valence-corrected chi connectivity index (χ0v) is 18.2. The second kappa shape index (κ2) is 8.63. The molecule has 1 aliphatic heterocycles. The van der Waals surface area contributed by atoms with Crippen LogP contribution in [0, 0.1) is 13.8 Å². The van der Waals surface area contributed by atoms with E-state index in [4.69, 9.17) is 9.47 Å². The molecule has 1 saturated heterocycles. The highest BCUT2D eigenvalue weighted by molar-refractivity contribution is 5.98. The van der Waals surface area contributed by atoms with Crippen LogP contribution in [-0.4, -0.2) is 71.2 Å². The number of ether oxygens (including phenoxy) is 2. The number of hydrogen-bond acceptors (Lipinski definition) is 7. The third-order valence-electron chi connectivity index (χ3n) is 5.39. The fourth-order valence-corrected chi connectivity index (χ4v) is 3.83. The van der Waals surface area contributed by atoms with E-state index in [9.17, 15) is 4.79 Å². The van der Waals surface area contributed by atoms with Gasteiger partial charge >= 0.3 is 0 Å². The summed E-state index contributed by atoms with van der Waals surface area (Å²) in [5, 5.41) is 13.2. The fourth-order valence-electron chi connectivity index (χ4n) is 3.83. The van der Waals surface area contributed by atoms with E-state index in [-0.39, 0.29) is 5.91 Å². The van der Waals surface area contributed by atoms with Gasteiger partial charge in [-0.1, -0.05) is 6.07 Å². The van der Waals surface area contributed by atoms with Crippen LogP contribution in [0.5, 0.6) is 11.5 Å². The van der Waals surface area contributed by atoms with Gasteiger partial charge in [-0.15, -0.1) is 10.2 Å². The molecule has 1 amide bonds. The first-order valence-corrected chi connectivity index (χ1v) is 10.1. The summed E-state index contributed by atoms with van der Waals surface area (Å²) in [6.45, 7) is 6.45. The van der Waals surface area contributed by atoms with E-state index >= 15 is 0 Å². The van der Waals surface area contributed by atoms with Gasteiger partial charge in [0.05, 0.1) is 25.5 Å². The monoisotopic (exact) mass is 422 g/mol. The Morgan fingerprint density at radius 2 is 1.65 bits per heavy atom. The number of methoxy groups -OCH3 is 2. The molecule has 3 aromatic rings. The van der Waals surface area contributed by atoms with Gasteiger partial charge in [-0.25, -0.2) is 4.68 Å². The highest BCUT2D eigenvalue weighted by Crippen LogP contribution is 2.31. The van der Waals surface area contributed by atoms with Crippen molar-refractivity contribution in [2.75, 3.05) is 45.3 Å². The van der Waals surface area contributed by atoms with Crippen molar-refractivity contribution >= 4 is 11.7 Å². The lowest BCUT2D eigenvalue weighted by Gasteiger charge is -2.35. The Morgan fingerprint density at radius 1 is 0.935 bits per heavy atom. The summed E-state index contributed by atoms with van der Waals surface area (Å²) in [4.78, 5) is 17.0. The van der Waals surface area contributed by atoms with Crippen LogP contribution < -0.4 is 14.4 Å². The smallest absolute Gasteiger partial charge is 0.257 e. The number of rotatable bonds is 5. The quantitative estimate of drug-likeness (QED) is 0.623. The molecule has 4 rings (SSSR count). The van der Waals surface area contributed by atoms with Crippen LogP contribution in [0.4, 0.5) is 5.82 Å². The normalized spacial score (nSPS) is 13.9. The second-order valence-electron chi connectivity index (χ2n) is 7.41.